The maximum atomic E-state index is 12.8. The fourth-order valence-electron chi connectivity index (χ4n) is 1.29. The topological polar surface area (TPSA) is 71.5 Å². The lowest BCUT2D eigenvalue weighted by Gasteiger charge is -2.03. The zero-order valence-electron chi connectivity index (χ0n) is 9.25. The number of hydrogen-bond donors (Lipinski definition) is 2. The van der Waals surface area contributed by atoms with Crippen LogP contribution in [0.25, 0.3) is 0 Å². The molecule has 1 aromatic carbocycles. The summed E-state index contributed by atoms with van der Waals surface area (Å²) in [6, 6.07) is 11.3. The number of hydrogen-bond acceptors (Lipinski definition) is 4. The van der Waals surface area contributed by atoms with Crippen LogP contribution in [-0.2, 0) is 0 Å². The minimum absolute atomic E-state index is 0.0449. The summed E-state index contributed by atoms with van der Waals surface area (Å²) in [6.45, 7) is 0. The molecule has 1 heterocycles. The van der Waals surface area contributed by atoms with Gasteiger partial charge in [0.1, 0.15) is 16.5 Å². The van der Waals surface area contributed by atoms with Crippen molar-refractivity contribution < 1.29 is 9.60 Å². The van der Waals surface area contributed by atoms with Gasteiger partial charge < -0.3 is 10.9 Å². The summed E-state index contributed by atoms with van der Waals surface area (Å²) < 4.78 is 12.8. The highest BCUT2D eigenvalue weighted by atomic mass is 32.2. The summed E-state index contributed by atoms with van der Waals surface area (Å²) in [5, 5.41) is 12.2. The van der Waals surface area contributed by atoms with Crippen LogP contribution in [0, 0.1) is 5.82 Å². The van der Waals surface area contributed by atoms with E-state index in [9.17, 15) is 4.39 Å². The van der Waals surface area contributed by atoms with E-state index >= 15 is 0 Å². The van der Waals surface area contributed by atoms with Crippen molar-refractivity contribution in [3.8, 4) is 0 Å². The van der Waals surface area contributed by atoms with Crippen LogP contribution in [0.1, 0.15) is 5.69 Å². The first-order valence-corrected chi connectivity index (χ1v) is 5.89. The molecule has 0 atom stereocenters. The van der Waals surface area contributed by atoms with Crippen molar-refractivity contribution in [2.45, 2.75) is 9.92 Å². The lowest BCUT2D eigenvalue weighted by molar-refractivity contribution is 0.318. The van der Waals surface area contributed by atoms with Crippen LogP contribution in [0.2, 0.25) is 0 Å². The van der Waals surface area contributed by atoms with Gasteiger partial charge in [-0.25, -0.2) is 9.37 Å². The first-order chi connectivity index (χ1) is 8.69. The fraction of sp³-hybridized carbons (Fsp3) is 0. The molecule has 6 heteroatoms. The summed E-state index contributed by atoms with van der Waals surface area (Å²) in [5.74, 6) is -0.325. The van der Waals surface area contributed by atoms with Crippen LogP contribution in [0.15, 0.2) is 57.5 Å². The van der Waals surface area contributed by atoms with E-state index in [-0.39, 0.29) is 11.7 Å². The van der Waals surface area contributed by atoms with Crippen LogP contribution >= 0.6 is 11.8 Å². The van der Waals surface area contributed by atoms with Crippen molar-refractivity contribution in [1.82, 2.24) is 4.98 Å². The first kappa shape index (κ1) is 12.4. The van der Waals surface area contributed by atoms with Gasteiger partial charge in [0.15, 0.2) is 5.84 Å². The van der Waals surface area contributed by atoms with Crippen molar-refractivity contribution in [3.05, 3.63) is 54.0 Å². The van der Waals surface area contributed by atoms with E-state index in [1.165, 1.54) is 23.9 Å². The van der Waals surface area contributed by atoms with Gasteiger partial charge in [-0.2, -0.15) is 0 Å². The first-order valence-electron chi connectivity index (χ1n) is 5.07. The molecule has 0 aliphatic rings. The number of benzene rings is 1. The predicted molar refractivity (Wildman–Crippen MR) is 67.3 cm³/mol. The molecule has 0 bridgehead atoms. The van der Waals surface area contributed by atoms with Crippen molar-refractivity contribution in [3.63, 3.8) is 0 Å². The molecule has 1 aromatic heterocycles. The number of rotatable bonds is 3. The second-order valence-electron chi connectivity index (χ2n) is 3.40. The third-order valence-electron chi connectivity index (χ3n) is 2.13. The molecule has 4 nitrogen and oxygen atoms in total. The molecule has 0 saturated heterocycles. The van der Waals surface area contributed by atoms with Crippen molar-refractivity contribution >= 4 is 17.6 Å². The van der Waals surface area contributed by atoms with Gasteiger partial charge in [0.2, 0.25) is 0 Å². The van der Waals surface area contributed by atoms with Gasteiger partial charge in [-0.15, -0.1) is 0 Å². The Hall–Kier alpha value is -2.08. The summed E-state index contributed by atoms with van der Waals surface area (Å²) in [4.78, 5) is 5.08. The SMILES string of the molecule is NC(=NO)c1cccc(Sc2ccc(F)cc2)n1. The second kappa shape index (κ2) is 5.50. The number of aromatic nitrogens is 1. The average molecular weight is 263 g/mol. The van der Waals surface area contributed by atoms with E-state index < -0.39 is 0 Å². The molecule has 0 aliphatic carbocycles. The van der Waals surface area contributed by atoms with E-state index in [1.54, 1.807) is 30.3 Å². The molecule has 0 saturated carbocycles. The molecule has 2 aromatic rings. The van der Waals surface area contributed by atoms with Gasteiger partial charge in [0, 0.05) is 4.90 Å². The fourth-order valence-corrected chi connectivity index (χ4v) is 2.09. The Kier molecular flexibility index (Phi) is 3.78. The van der Waals surface area contributed by atoms with Crippen LogP contribution in [0.3, 0.4) is 0 Å². The Labute approximate surface area is 107 Å². The largest absolute Gasteiger partial charge is 0.409 e. The monoisotopic (exact) mass is 263 g/mol. The molecule has 3 N–H and O–H groups in total. The molecular formula is C12H10FN3OS. The van der Waals surface area contributed by atoms with Crippen molar-refractivity contribution in [2.75, 3.05) is 0 Å². The van der Waals surface area contributed by atoms with Gasteiger partial charge >= 0.3 is 0 Å². The van der Waals surface area contributed by atoms with E-state index in [1.807, 2.05) is 0 Å². The summed E-state index contributed by atoms with van der Waals surface area (Å²) in [6.07, 6.45) is 0. The van der Waals surface area contributed by atoms with Gasteiger partial charge in [-0.3, -0.25) is 0 Å². The Morgan fingerprint density at radius 3 is 2.61 bits per heavy atom. The van der Waals surface area contributed by atoms with Crippen LogP contribution in [0.4, 0.5) is 4.39 Å². The van der Waals surface area contributed by atoms with Gasteiger partial charge in [-0.1, -0.05) is 23.0 Å². The van der Waals surface area contributed by atoms with Crippen LogP contribution < -0.4 is 5.73 Å². The molecule has 0 fully saturated rings. The standard InChI is InChI=1S/C12H10FN3OS/c13-8-4-6-9(7-5-8)18-11-3-1-2-10(15-11)12(14)16-17/h1-7,17H,(H2,14,16). The molecule has 0 spiro atoms. The van der Waals surface area contributed by atoms with E-state index in [4.69, 9.17) is 10.9 Å². The van der Waals surface area contributed by atoms with Crippen LogP contribution in [0.5, 0.6) is 0 Å². The lowest BCUT2D eigenvalue weighted by atomic mass is 10.3. The number of pyridine rings is 1. The molecule has 0 aliphatic heterocycles. The van der Waals surface area contributed by atoms with E-state index in [0.717, 1.165) is 4.90 Å². The normalized spacial score (nSPS) is 11.5. The molecule has 92 valence electrons. The minimum atomic E-state index is -0.280. The molecule has 2 rings (SSSR count). The quantitative estimate of drug-likeness (QED) is 0.386. The second-order valence-corrected chi connectivity index (χ2v) is 4.50. The Balaban J connectivity index is 2.22. The highest BCUT2D eigenvalue weighted by Gasteiger charge is 2.04. The zero-order chi connectivity index (χ0) is 13.0. The zero-order valence-corrected chi connectivity index (χ0v) is 10.1. The molecule has 0 radical (unpaired) electrons. The number of nitrogens with zero attached hydrogens (tertiary/aromatic N) is 2. The maximum absolute atomic E-state index is 12.8. The maximum Gasteiger partial charge on any atom is 0.188 e. The van der Waals surface area contributed by atoms with Crippen molar-refractivity contribution in [1.29, 1.82) is 0 Å². The van der Waals surface area contributed by atoms with Crippen LogP contribution in [-0.4, -0.2) is 16.0 Å². The molecular weight excluding hydrogens is 253 g/mol. The smallest absolute Gasteiger partial charge is 0.188 e. The van der Waals surface area contributed by atoms with Gasteiger partial charge in [0.05, 0.1) is 0 Å². The summed E-state index contributed by atoms with van der Waals surface area (Å²) in [7, 11) is 0. The molecule has 0 unspecified atom stereocenters. The average Bonchev–Trinajstić information content (AvgIpc) is 2.41. The highest BCUT2D eigenvalue weighted by molar-refractivity contribution is 7.99. The molecule has 0 amide bonds. The summed E-state index contributed by atoms with van der Waals surface area (Å²) >= 11 is 1.37. The number of amidine groups is 1. The summed E-state index contributed by atoms with van der Waals surface area (Å²) in [5.41, 5.74) is 5.85. The number of nitrogens with two attached hydrogens (primary N) is 1. The van der Waals surface area contributed by atoms with E-state index in [2.05, 4.69) is 10.1 Å². The highest BCUT2D eigenvalue weighted by Crippen LogP contribution is 2.25. The van der Waals surface area contributed by atoms with Gasteiger partial charge in [0.25, 0.3) is 0 Å². The van der Waals surface area contributed by atoms with E-state index in [0.29, 0.717) is 10.7 Å². The number of halogens is 1. The Morgan fingerprint density at radius 2 is 1.94 bits per heavy atom. The Bertz CT molecular complexity index is 572. The van der Waals surface area contributed by atoms with Crippen molar-refractivity contribution in [2.24, 2.45) is 10.9 Å². The lowest BCUT2D eigenvalue weighted by Crippen LogP contribution is -2.14. The Morgan fingerprint density at radius 1 is 1.22 bits per heavy atom. The van der Waals surface area contributed by atoms with Gasteiger partial charge in [-0.05, 0) is 36.4 Å². The third-order valence-corrected chi connectivity index (χ3v) is 3.07. The third kappa shape index (κ3) is 2.98. The molecule has 18 heavy (non-hydrogen) atoms. The minimum Gasteiger partial charge on any atom is -0.409 e. The predicted octanol–water partition coefficient (Wildman–Crippen LogP) is 2.47. The number of oxime groups is 1.